The normalized spacial score (nSPS) is 12.4. The van der Waals surface area contributed by atoms with E-state index in [1.807, 2.05) is 12.2 Å². The number of urea groups is 1. The number of anilines is 1. The van der Waals surface area contributed by atoms with Gasteiger partial charge in [-0.05, 0) is 42.8 Å². The summed E-state index contributed by atoms with van der Waals surface area (Å²) in [6.45, 7) is 1.54. The van der Waals surface area contributed by atoms with Crippen molar-refractivity contribution in [1.82, 2.24) is 10.6 Å². The van der Waals surface area contributed by atoms with E-state index in [9.17, 15) is 24.0 Å². The van der Waals surface area contributed by atoms with Gasteiger partial charge in [0.15, 0.2) is 6.61 Å². The van der Waals surface area contributed by atoms with Gasteiger partial charge in [-0.25, -0.2) is 14.5 Å². The highest BCUT2D eigenvalue weighted by Crippen LogP contribution is 2.33. The van der Waals surface area contributed by atoms with Gasteiger partial charge in [0.25, 0.3) is 17.7 Å². The molecule has 9 nitrogen and oxygen atoms in total. The molecule has 1 heterocycles. The van der Waals surface area contributed by atoms with Crippen molar-refractivity contribution in [3.8, 4) is 0 Å². The Bertz CT molecular complexity index is 1130. The lowest BCUT2D eigenvalue weighted by Gasteiger charge is -2.14. The Morgan fingerprint density at radius 2 is 1.69 bits per heavy atom. The van der Waals surface area contributed by atoms with Gasteiger partial charge in [-0.3, -0.25) is 19.7 Å². The first-order valence-electron chi connectivity index (χ1n) is 9.45. The molecule has 1 aliphatic rings. The lowest BCUT2D eigenvalue weighted by Crippen LogP contribution is -2.41. The predicted molar refractivity (Wildman–Crippen MR) is 116 cm³/mol. The number of halogens is 2. The van der Waals surface area contributed by atoms with Crippen molar-refractivity contribution < 1.29 is 28.7 Å². The van der Waals surface area contributed by atoms with Crippen molar-refractivity contribution in [3.63, 3.8) is 0 Å². The molecule has 3 rings (SSSR count). The largest absolute Gasteiger partial charge is 0.452 e. The first-order valence-corrected chi connectivity index (χ1v) is 10.2. The zero-order chi connectivity index (χ0) is 23.4. The van der Waals surface area contributed by atoms with Crippen molar-refractivity contribution >= 4 is 58.6 Å². The van der Waals surface area contributed by atoms with Gasteiger partial charge in [0, 0.05) is 6.54 Å². The van der Waals surface area contributed by atoms with Crippen LogP contribution in [0.4, 0.5) is 10.5 Å². The van der Waals surface area contributed by atoms with Crippen molar-refractivity contribution in [1.29, 1.82) is 0 Å². The summed E-state index contributed by atoms with van der Waals surface area (Å²) in [4.78, 5) is 61.9. The molecule has 5 amide bonds. The molecule has 0 radical (unpaired) electrons. The minimum absolute atomic E-state index is 0.00100. The number of rotatable bonds is 6. The van der Waals surface area contributed by atoms with Crippen LogP contribution in [0.25, 0.3) is 0 Å². The maximum absolute atomic E-state index is 12.8. The number of esters is 1. The Morgan fingerprint density at radius 3 is 2.38 bits per heavy atom. The quantitative estimate of drug-likeness (QED) is 0.486. The zero-order valence-corrected chi connectivity index (χ0v) is 18.2. The highest BCUT2D eigenvalue weighted by molar-refractivity contribution is 6.42. The molecule has 166 valence electrons. The van der Waals surface area contributed by atoms with E-state index in [4.69, 9.17) is 27.9 Å². The molecule has 2 aromatic rings. The summed E-state index contributed by atoms with van der Waals surface area (Å²) in [6.07, 6.45) is 0.693. The van der Waals surface area contributed by atoms with E-state index < -0.39 is 36.3 Å². The van der Waals surface area contributed by atoms with Gasteiger partial charge >= 0.3 is 12.0 Å². The van der Waals surface area contributed by atoms with Gasteiger partial charge in [0.1, 0.15) is 0 Å². The molecule has 0 fully saturated rings. The second-order valence-electron chi connectivity index (χ2n) is 6.68. The maximum atomic E-state index is 12.8. The lowest BCUT2D eigenvalue weighted by atomic mass is 10.1. The number of hydrogen-bond acceptors (Lipinski definition) is 6. The number of benzene rings is 2. The highest BCUT2D eigenvalue weighted by atomic mass is 35.5. The summed E-state index contributed by atoms with van der Waals surface area (Å²) >= 11 is 11.9. The summed E-state index contributed by atoms with van der Waals surface area (Å²) in [6, 6.07) is 7.45. The fraction of sp³-hybridized carbons (Fsp3) is 0.190. The third kappa shape index (κ3) is 4.90. The number of nitrogens with zero attached hydrogens (tertiary/aromatic N) is 1. The van der Waals surface area contributed by atoms with Crippen LogP contribution in [0.15, 0.2) is 36.4 Å². The van der Waals surface area contributed by atoms with Crippen LogP contribution in [0, 0.1) is 0 Å². The van der Waals surface area contributed by atoms with Gasteiger partial charge in [-0.15, -0.1) is 0 Å². The standard InChI is InChI=1S/C21H17Cl2N3O6/c1-2-7-24-21(31)25-17(27)10-32-20(30)11-3-5-13-14(8-11)19(29)26(18(13)28)12-4-6-15(22)16(23)9-12/h3-6,8-9H,2,7,10H2,1H3,(H2,24,25,27,31). The summed E-state index contributed by atoms with van der Waals surface area (Å²) in [5.41, 5.74) is 0.291. The fourth-order valence-electron chi connectivity index (χ4n) is 2.89. The van der Waals surface area contributed by atoms with E-state index in [0.717, 1.165) is 4.90 Å². The van der Waals surface area contributed by atoms with Crippen LogP contribution in [0.3, 0.4) is 0 Å². The smallest absolute Gasteiger partial charge is 0.338 e. The first-order chi connectivity index (χ1) is 15.2. The molecule has 0 aromatic heterocycles. The minimum Gasteiger partial charge on any atom is -0.452 e. The summed E-state index contributed by atoms with van der Waals surface area (Å²) in [7, 11) is 0. The Kier molecular flexibility index (Phi) is 7.12. The van der Waals surface area contributed by atoms with E-state index in [1.165, 1.54) is 36.4 Å². The number of ether oxygens (including phenoxy) is 1. The highest BCUT2D eigenvalue weighted by Gasteiger charge is 2.37. The molecule has 0 spiro atoms. The van der Waals surface area contributed by atoms with Gasteiger partial charge in [0.05, 0.1) is 32.4 Å². The van der Waals surface area contributed by atoms with Crippen LogP contribution in [0.2, 0.25) is 10.0 Å². The van der Waals surface area contributed by atoms with Gasteiger partial charge in [-0.2, -0.15) is 0 Å². The van der Waals surface area contributed by atoms with E-state index in [0.29, 0.717) is 13.0 Å². The number of hydrogen-bond donors (Lipinski definition) is 2. The average Bonchev–Trinajstić information content (AvgIpc) is 3.02. The van der Waals surface area contributed by atoms with Crippen LogP contribution in [0.5, 0.6) is 0 Å². The molecule has 32 heavy (non-hydrogen) atoms. The topological polar surface area (TPSA) is 122 Å². The molecule has 0 unspecified atom stereocenters. The molecule has 0 aliphatic carbocycles. The Morgan fingerprint density at radius 1 is 0.969 bits per heavy atom. The number of carbonyl (C=O) groups is 5. The van der Waals surface area contributed by atoms with Crippen LogP contribution in [0.1, 0.15) is 44.4 Å². The van der Waals surface area contributed by atoms with Crippen molar-refractivity contribution in [2.75, 3.05) is 18.1 Å². The molecule has 11 heteroatoms. The Balaban J connectivity index is 1.70. The summed E-state index contributed by atoms with van der Waals surface area (Å²) in [5, 5.41) is 4.90. The molecule has 0 saturated heterocycles. The predicted octanol–water partition coefficient (Wildman–Crippen LogP) is 3.19. The van der Waals surface area contributed by atoms with Crippen LogP contribution >= 0.6 is 23.2 Å². The second kappa shape index (κ2) is 9.80. The maximum Gasteiger partial charge on any atom is 0.338 e. The van der Waals surface area contributed by atoms with E-state index in [-0.39, 0.29) is 32.4 Å². The van der Waals surface area contributed by atoms with Crippen LogP contribution in [-0.2, 0) is 9.53 Å². The number of amides is 5. The number of fused-ring (bicyclic) bond motifs is 1. The monoisotopic (exact) mass is 477 g/mol. The van der Waals surface area contributed by atoms with Crippen molar-refractivity contribution in [3.05, 3.63) is 63.1 Å². The van der Waals surface area contributed by atoms with Crippen LogP contribution < -0.4 is 15.5 Å². The van der Waals surface area contributed by atoms with E-state index in [2.05, 4.69) is 5.32 Å². The van der Waals surface area contributed by atoms with Crippen molar-refractivity contribution in [2.45, 2.75) is 13.3 Å². The van der Waals surface area contributed by atoms with Gasteiger partial charge in [-0.1, -0.05) is 30.1 Å². The van der Waals surface area contributed by atoms with Crippen LogP contribution in [-0.4, -0.2) is 42.9 Å². The van der Waals surface area contributed by atoms with Crippen molar-refractivity contribution in [2.24, 2.45) is 0 Å². The first kappa shape index (κ1) is 23.2. The second-order valence-corrected chi connectivity index (χ2v) is 7.50. The minimum atomic E-state index is -0.898. The average molecular weight is 478 g/mol. The lowest BCUT2D eigenvalue weighted by molar-refractivity contribution is -0.123. The molecule has 0 saturated carbocycles. The Hall–Kier alpha value is -3.43. The summed E-state index contributed by atoms with van der Waals surface area (Å²) in [5.74, 6) is -2.94. The molecule has 0 atom stereocenters. The molecule has 0 bridgehead atoms. The number of carbonyl (C=O) groups excluding carboxylic acids is 5. The SMILES string of the molecule is CCCNC(=O)NC(=O)COC(=O)c1ccc2c(c1)C(=O)N(c1ccc(Cl)c(Cl)c1)C2=O. The molecular weight excluding hydrogens is 461 g/mol. The summed E-state index contributed by atoms with van der Waals surface area (Å²) < 4.78 is 4.88. The van der Waals surface area contributed by atoms with Gasteiger partial charge in [0.2, 0.25) is 0 Å². The molecular formula is C21H17Cl2N3O6. The molecule has 2 N–H and O–H groups in total. The molecule has 2 aromatic carbocycles. The number of nitrogens with one attached hydrogen (secondary N) is 2. The zero-order valence-electron chi connectivity index (χ0n) is 16.7. The Labute approximate surface area is 192 Å². The molecule has 1 aliphatic heterocycles. The van der Waals surface area contributed by atoms with Gasteiger partial charge < -0.3 is 10.1 Å². The third-order valence-corrected chi connectivity index (χ3v) is 5.15. The van der Waals surface area contributed by atoms with E-state index in [1.54, 1.807) is 0 Å². The fourth-order valence-corrected chi connectivity index (χ4v) is 3.18. The van der Waals surface area contributed by atoms with E-state index >= 15 is 0 Å². The number of imide groups is 2. The third-order valence-electron chi connectivity index (χ3n) is 4.41.